The van der Waals surface area contributed by atoms with Gasteiger partial charge >= 0.3 is 0 Å². The molecule has 1 unspecified atom stereocenters. The molecule has 0 spiro atoms. The Morgan fingerprint density at radius 2 is 2.10 bits per heavy atom. The van der Waals surface area contributed by atoms with Gasteiger partial charge in [-0.2, -0.15) is 0 Å². The highest BCUT2D eigenvalue weighted by Gasteiger charge is 2.35. The van der Waals surface area contributed by atoms with Crippen LogP contribution in [0.15, 0.2) is 23.2 Å². The van der Waals surface area contributed by atoms with Crippen molar-refractivity contribution in [3.8, 4) is 0 Å². The normalized spacial score (nSPS) is 22.4. The van der Waals surface area contributed by atoms with Gasteiger partial charge < -0.3 is 5.43 Å². The molecule has 7 heteroatoms. The highest BCUT2D eigenvalue weighted by molar-refractivity contribution is 7.89. The molecule has 1 aliphatic carbocycles. The van der Waals surface area contributed by atoms with Gasteiger partial charge in [0.2, 0.25) is 10.0 Å². The summed E-state index contributed by atoms with van der Waals surface area (Å²) in [6.45, 7) is 4.22. The Hall–Kier alpha value is -1.18. The van der Waals surface area contributed by atoms with Gasteiger partial charge in [0.25, 0.3) is 0 Å². The van der Waals surface area contributed by atoms with Crippen LogP contribution in [0.3, 0.4) is 0 Å². The van der Waals surface area contributed by atoms with E-state index in [4.69, 9.17) is 5.84 Å². The maximum Gasteiger partial charge on any atom is 0.242 e. The lowest BCUT2D eigenvalue weighted by molar-refractivity contribution is 0.188. The fraction of sp³-hybridized carbons (Fsp3) is 0.615. The van der Waals surface area contributed by atoms with Crippen molar-refractivity contribution >= 4 is 15.8 Å². The molecule has 0 amide bonds. The third-order valence-corrected chi connectivity index (χ3v) is 5.46. The maximum absolute atomic E-state index is 12.4. The number of nitrogens with two attached hydrogens (primary N) is 1. The molecule has 0 bridgehead atoms. The third-order valence-electron chi connectivity index (χ3n) is 4.00. The van der Waals surface area contributed by atoms with Gasteiger partial charge in [-0.1, -0.05) is 26.7 Å². The van der Waals surface area contributed by atoms with Crippen LogP contribution in [-0.2, 0) is 10.0 Å². The second-order valence-corrected chi connectivity index (χ2v) is 7.65. The van der Waals surface area contributed by atoms with Gasteiger partial charge in [0, 0.05) is 12.2 Å². The second kappa shape index (κ2) is 5.67. The molecular formula is C13H22N4O2S. The van der Waals surface area contributed by atoms with Gasteiger partial charge in [-0.15, -0.1) is 0 Å². The number of nitrogen functional groups attached to an aromatic ring is 1. The lowest BCUT2D eigenvalue weighted by Crippen LogP contribution is -2.46. The highest BCUT2D eigenvalue weighted by atomic mass is 32.2. The van der Waals surface area contributed by atoms with Crippen molar-refractivity contribution in [3.05, 3.63) is 18.3 Å². The van der Waals surface area contributed by atoms with Gasteiger partial charge in [-0.05, 0) is 30.4 Å². The average molecular weight is 298 g/mol. The van der Waals surface area contributed by atoms with Crippen LogP contribution in [0.1, 0.15) is 39.5 Å². The SMILES string of the molecule is CC1(C)CCCCC1NS(=O)(=O)c1ccc(NN)nc1. The summed E-state index contributed by atoms with van der Waals surface area (Å²) < 4.78 is 27.6. The van der Waals surface area contributed by atoms with E-state index in [0.29, 0.717) is 5.82 Å². The minimum atomic E-state index is -3.54. The summed E-state index contributed by atoms with van der Waals surface area (Å²) in [6, 6.07) is 3.01. The number of nitrogens with one attached hydrogen (secondary N) is 2. The first-order chi connectivity index (χ1) is 9.35. The zero-order valence-electron chi connectivity index (χ0n) is 11.9. The van der Waals surface area contributed by atoms with Crippen LogP contribution in [0, 0.1) is 5.41 Å². The summed E-state index contributed by atoms with van der Waals surface area (Å²) >= 11 is 0. The monoisotopic (exact) mass is 298 g/mol. The minimum absolute atomic E-state index is 0.0164. The molecule has 1 fully saturated rings. The van der Waals surface area contributed by atoms with Gasteiger partial charge in [0.1, 0.15) is 10.7 Å². The quantitative estimate of drug-likeness (QED) is 0.579. The lowest BCUT2D eigenvalue weighted by Gasteiger charge is -2.38. The van der Waals surface area contributed by atoms with Crippen molar-refractivity contribution in [2.75, 3.05) is 5.43 Å². The van der Waals surface area contributed by atoms with Gasteiger partial charge in [0.05, 0.1) is 0 Å². The Bertz CT molecular complexity index is 554. The Morgan fingerprint density at radius 3 is 2.65 bits per heavy atom. The van der Waals surface area contributed by atoms with Crippen molar-refractivity contribution in [3.63, 3.8) is 0 Å². The fourth-order valence-corrected chi connectivity index (χ4v) is 3.98. The standard InChI is InChI=1S/C13H22N4O2S/c1-13(2)8-4-3-5-11(13)17-20(18,19)10-6-7-12(16-14)15-9-10/h6-7,9,11,17H,3-5,8,14H2,1-2H3,(H,15,16). The van der Waals surface area contributed by atoms with Crippen LogP contribution in [-0.4, -0.2) is 19.4 Å². The van der Waals surface area contributed by atoms with E-state index < -0.39 is 10.0 Å². The Morgan fingerprint density at radius 1 is 1.35 bits per heavy atom. The number of hydrazine groups is 1. The molecule has 1 heterocycles. The molecule has 4 N–H and O–H groups in total. The molecule has 1 aliphatic rings. The predicted octanol–water partition coefficient (Wildman–Crippen LogP) is 1.61. The predicted molar refractivity (Wildman–Crippen MR) is 78.4 cm³/mol. The van der Waals surface area contributed by atoms with Crippen LogP contribution in [0.4, 0.5) is 5.82 Å². The summed E-state index contributed by atoms with van der Waals surface area (Å²) in [5.41, 5.74) is 2.36. The van der Waals surface area contributed by atoms with Crippen LogP contribution >= 0.6 is 0 Å². The van der Waals surface area contributed by atoms with Crippen molar-refractivity contribution < 1.29 is 8.42 Å². The van der Waals surface area contributed by atoms with E-state index in [9.17, 15) is 8.42 Å². The number of anilines is 1. The fourth-order valence-electron chi connectivity index (χ4n) is 2.59. The van der Waals surface area contributed by atoms with E-state index in [-0.39, 0.29) is 16.4 Å². The van der Waals surface area contributed by atoms with Crippen LogP contribution in [0.2, 0.25) is 0 Å². The molecule has 1 aromatic rings. The summed E-state index contributed by atoms with van der Waals surface area (Å²) in [7, 11) is -3.54. The van der Waals surface area contributed by atoms with Crippen molar-refractivity contribution in [1.29, 1.82) is 0 Å². The molecule has 0 saturated heterocycles. The van der Waals surface area contributed by atoms with E-state index in [2.05, 4.69) is 29.0 Å². The zero-order valence-corrected chi connectivity index (χ0v) is 12.7. The second-order valence-electron chi connectivity index (χ2n) is 5.93. The summed E-state index contributed by atoms with van der Waals surface area (Å²) in [6.07, 6.45) is 5.44. The first-order valence-corrected chi connectivity index (χ1v) is 8.28. The molecule has 0 aliphatic heterocycles. The third kappa shape index (κ3) is 3.28. The van der Waals surface area contributed by atoms with Crippen molar-refractivity contribution in [1.82, 2.24) is 9.71 Å². The summed E-state index contributed by atoms with van der Waals surface area (Å²) in [4.78, 5) is 4.10. The first kappa shape index (κ1) is 15.2. The highest BCUT2D eigenvalue weighted by Crippen LogP contribution is 2.36. The number of hydrogen-bond acceptors (Lipinski definition) is 5. The van der Waals surface area contributed by atoms with Crippen molar-refractivity contribution in [2.45, 2.75) is 50.5 Å². The average Bonchev–Trinajstić information content (AvgIpc) is 2.41. The molecule has 2 rings (SSSR count). The summed E-state index contributed by atoms with van der Waals surface area (Å²) in [5, 5.41) is 0. The van der Waals surface area contributed by atoms with Gasteiger partial charge in [-0.3, -0.25) is 0 Å². The van der Waals surface area contributed by atoms with Crippen molar-refractivity contribution in [2.24, 2.45) is 11.3 Å². The molecule has 112 valence electrons. The van der Waals surface area contributed by atoms with E-state index in [1.807, 2.05) is 0 Å². The molecule has 1 aromatic heterocycles. The number of sulfonamides is 1. The smallest absolute Gasteiger partial charge is 0.242 e. The van der Waals surface area contributed by atoms with E-state index in [0.717, 1.165) is 25.7 Å². The summed E-state index contributed by atoms with van der Waals surface area (Å²) in [5.74, 6) is 5.65. The molecular weight excluding hydrogens is 276 g/mol. The molecule has 1 atom stereocenters. The van der Waals surface area contributed by atoms with Gasteiger partial charge in [0.15, 0.2) is 0 Å². The van der Waals surface area contributed by atoms with Crippen LogP contribution in [0.5, 0.6) is 0 Å². The molecule has 20 heavy (non-hydrogen) atoms. The zero-order chi connectivity index (χ0) is 14.8. The minimum Gasteiger partial charge on any atom is -0.308 e. The maximum atomic E-state index is 12.4. The Labute approximate surface area is 120 Å². The number of hydrogen-bond donors (Lipinski definition) is 3. The molecule has 6 nitrogen and oxygen atoms in total. The van der Waals surface area contributed by atoms with E-state index in [1.165, 1.54) is 12.3 Å². The number of pyridine rings is 1. The number of rotatable bonds is 4. The molecule has 0 radical (unpaired) electrons. The largest absolute Gasteiger partial charge is 0.308 e. The van der Waals surface area contributed by atoms with Crippen LogP contribution < -0.4 is 16.0 Å². The Kier molecular flexibility index (Phi) is 4.31. The first-order valence-electron chi connectivity index (χ1n) is 6.80. The van der Waals surface area contributed by atoms with E-state index >= 15 is 0 Å². The van der Waals surface area contributed by atoms with Crippen LogP contribution in [0.25, 0.3) is 0 Å². The van der Waals surface area contributed by atoms with E-state index in [1.54, 1.807) is 6.07 Å². The number of nitrogens with zero attached hydrogens (tertiary/aromatic N) is 1. The molecule has 1 saturated carbocycles. The number of aromatic nitrogens is 1. The van der Waals surface area contributed by atoms with Gasteiger partial charge in [-0.25, -0.2) is 24.0 Å². The topological polar surface area (TPSA) is 97.1 Å². The lowest BCUT2D eigenvalue weighted by atomic mass is 9.74. The Balaban J connectivity index is 2.17. The molecule has 0 aromatic carbocycles.